The number of aryl methyl sites for hydroxylation is 1. The lowest BCUT2D eigenvalue weighted by atomic mass is 10.1. The normalized spacial score (nSPS) is 10.7. The number of hydrogen-bond acceptors (Lipinski definition) is 4. The predicted molar refractivity (Wildman–Crippen MR) is 90.2 cm³/mol. The van der Waals surface area contributed by atoms with Crippen LogP contribution < -0.4 is 5.32 Å². The number of anilines is 1. The molecule has 5 heteroatoms. The summed E-state index contributed by atoms with van der Waals surface area (Å²) in [5, 5.41) is 5.87. The van der Waals surface area contributed by atoms with Gasteiger partial charge in [-0.2, -0.15) is 0 Å². The van der Waals surface area contributed by atoms with Crippen molar-refractivity contribution in [1.82, 2.24) is 4.98 Å². The van der Waals surface area contributed by atoms with Crippen LogP contribution in [-0.4, -0.2) is 16.6 Å². The molecule has 1 heterocycles. The second-order valence-electron chi connectivity index (χ2n) is 4.59. The van der Waals surface area contributed by atoms with Crippen LogP contribution >= 0.6 is 23.1 Å². The number of carbonyl (C=O) groups excluding carboxylic acids is 1. The molecule has 106 valence electrons. The number of carbonyl (C=O) groups is 1. The van der Waals surface area contributed by atoms with E-state index in [9.17, 15) is 4.79 Å². The highest BCUT2D eigenvalue weighted by molar-refractivity contribution is 8.00. The molecule has 0 bridgehead atoms. The maximum Gasteiger partial charge on any atom is 0.236 e. The van der Waals surface area contributed by atoms with E-state index in [0.29, 0.717) is 10.9 Å². The molecule has 0 aliphatic heterocycles. The lowest BCUT2D eigenvalue weighted by molar-refractivity contribution is -0.113. The molecule has 0 saturated carbocycles. The minimum absolute atomic E-state index is 0.0257. The molecule has 0 fully saturated rings. The number of aromatic nitrogens is 1. The predicted octanol–water partition coefficient (Wildman–Crippen LogP) is 4.34. The molecule has 3 aromatic rings. The summed E-state index contributed by atoms with van der Waals surface area (Å²) < 4.78 is 0. The fourth-order valence-electron chi connectivity index (χ4n) is 2.03. The third-order valence-corrected chi connectivity index (χ3v) is 4.88. The molecule has 0 aliphatic carbocycles. The zero-order chi connectivity index (χ0) is 14.7. The Morgan fingerprint density at radius 3 is 2.86 bits per heavy atom. The van der Waals surface area contributed by atoms with Crippen molar-refractivity contribution in [1.29, 1.82) is 0 Å². The molecule has 2 aromatic carbocycles. The van der Waals surface area contributed by atoms with Gasteiger partial charge in [0.05, 0.1) is 5.75 Å². The topological polar surface area (TPSA) is 42.0 Å². The summed E-state index contributed by atoms with van der Waals surface area (Å²) in [7, 11) is 0. The highest BCUT2D eigenvalue weighted by Crippen LogP contribution is 2.28. The van der Waals surface area contributed by atoms with Crippen LogP contribution in [0.1, 0.15) is 4.88 Å². The summed E-state index contributed by atoms with van der Waals surface area (Å²) in [6.07, 6.45) is 1.76. The standard InChI is InChI=1S/C16H14N2OS2/c1-11-9-17-16(21-11)18-15(19)10-20-14-8-4-6-12-5-2-3-7-13(12)14/h2-9H,10H2,1H3,(H,17,18,19). The third-order valence-electron chi connectivity index (χ3n) is 2.98. The molecule has 0 aliphatic rings. The summed E-state index contributed by atoms with van der Waals surface area (Å²) in [4.78, 5) is 18.3. The number of nitrogens with one attached hydrogen (secondary N) is 1. The molecule has 1 amide bonds. The largest absolute Gasteiger partial charge is 0.301 e. The van der Waals surface area contributed by atoms with E-state index in [1.165, 1.54) is 22.1 Å². The zero-order valence-electron chi connectivity index (χ0n) is 11.5. The first-order valence-corrected chi connectivity index (χ1v) is 8.35. The lowest BCUT2D eigenvalue weighted by Gasteiger charge is -2.06. The molecule has 0 saturated heterocycles. The van der Waals surface area contributed by atoms with Crippen molar-refractivity contribution in [2.24, 2.45) is 0 Å². The number of thiazole rings is 1. The Bertz CT molecular complexity index is 777. The molecular weight excluding hydrogens is 300 g/mol. The van der Waals surface area contributed by atoms with Gasteiger partial charge < -0.3 is 5.32 Å². The van der Waals surface area contributed by atoms with E-state index < -0.39 is 0 Å². The van der Waals surface area contributed by atoms with Gasteiger partial charge in [0.15, 0.2) is 5.13 Å². The maximum absolute atomic E-state index is 12.0. The van der Waals surface area contributed by atoms with E-state index in [4.69, 9.17) is 0 Å². The van der Waals surface area contributed by atoms with Crippen molar-refractivity contribution in [3.63, 3.8) is 0 Å². The molecule has 1 N–H and O–H groups in total. The van der Waals surface area contributed by atoms with E-state index in [-0.39, 0.29) is 5.91 Å². The Balaban J connectivity index is 1.67. The SMILES string of the molecule is Cc1cnc(NC(=O)CSc2cccc3ccccc23)s1. The van der Waals surface area contributed by atoms with Crippen molar-refractivity contribution < 1.29 is 4.79 Å². The first kappa shape index (κ1) is 14.1. The van der Waals surface area contributed by atoms with Gasteiger partial charge in [-0.1, -0.05) is 36.4 Å². The quantitative estimate of drug-likeness (QED) is 0.729. The second-order valence-corrected chi connectivity index (χ2v) is 6.84. The van der Waals surface area contributed by atoms with Gasteiger partial charge in [0.1, 0.15) is 0 Å². The van der Waals surface area contributed by atoms with E-state index in [0.717, 1.165) is 9.77 Å². The van der Waals surface area contributed by atoms with E-state index >= 15 is 0 Å². The number of nitrogens with zero attached hydrogens (tertiary/aromatic N) is 1. The van der Waals surface area contributed by atoms with Crippen LogP contribution in [0.5, 0.6) is 0 Å². The smallest absolute Gasteiger partial charge is 0.236 e. The Kier molecular flexibility index (Phi) is 4.22. The molecule has 0 radical (unpaired) electrons. The van der Waals surface area contributed by atoms with Gasteiger partial charge in [-0.15, -0.1) is 23.1 Å². The zero-order valence-corrected chi connectivity index (χ0v) is 13.1. The second kappa shape index (κ2) is 6.28. The minimum atomic E-state index is -0.0257. The van der Waals surface area contributed by atoms with Gasteiger partial charge in [0.25, 0.3) is 0 Å². The molecular formula is C16H14N2OS2. The molecule has 21 heavy (non-hydrogen) atoms. The van der Waals surface area contributed by atoms with Crippen LogP contribution in [0.15, 0.2) is 53.6 Å². The van der Waals surface area contributed by atoms with Crippen molar-refractivity contribution in [2.45, 2.75) is 11.8 Å². The monoisotopic (exact) mass is 314 g/mol. The number of fused-ring (bicyclic) bond motifs is 1. The number of benzene rings is 2. The van der Waals surface area contributed by atoms with E-state index in [1.807, 2.05) is 31.2 Å². The van der Waals surface area contributed by atoms with Crippen molar-refractivity contribution >= 4 is 44.9 Å². The molecule has 3 rings (SSSR count). The summed E-state index contributed by atoms with van der Waals surface area (Å²) in [5.74, 6) is 0.356. The van der Waals surface area contributed by atoms with Crippen LogP contribution in [-0.2, 0) is 4.79 Å². The molecule has 3 nitrogen and oxygen atoms in total. The summed E-state index contributed by atoms with van der Waals surface area (Å²) in [6.45, 7) is 1.97. The van der Waals surface area contributed by atoms with Crippen LogP contribution in [0.4, 0.5) is 5.13 Å². The first-order chi connectivity index (χ1) is 10.2. The number of hydrogen-bond donors (Lipinski definition) is 1. The van der Waals surface area contributed by atoms with Gasteiger partial charge >= 0.3 is 0 Å². The highest BCUT2D eigenvalue weighted by atomic mass is 32.2. The van der Waals surface area contributed by atoms with Crippen LogP contribution in [0, 0.1) is 6.92 Å². The summed E-state index contributed by atoms with van der Waals surface area (Å²) in [5.41, 5.74) is 0. The fourth-order valence-corrected chi connectivity index (χ4v) is 3.59. The highest BCUT2D eigenvalue weighted by Gasteiger charge is 2.07. The summed E-state index contributed by atoms with van der Waals surface area (Å²) >= 11 is 3.04. The third kappa shape index (κ3) is 3.43. The van der Waals surface area contributed by atoms with Gasteiger partial charge in [-0.25, -0.2) is 4.98 Å². The van der Waals surface area contributed by atoms with Gasteiger partial charge in [-0.05, 0) is 23.8 Å². The Morgan fingerprint density at radius 1 is 1.24 bits per heavy atom. The lowest BCUT2D eigenvalue weighted by Crippen LogP contribution is -2.13. The number of amides is 1. The van der Waals surface area contributed by atoms with Gasteiger partial charge in [-0.3, -0.25) is 4.79 Å². The van der Waals surface area contributed by atoms with Crippen LogP contribution in [0.25, 0.3) is 10.8 Å². The van der Waals surface area contributed by atoms with Crippen molar-refractivity contribution in [3.8, 4) is 0 Å². The Hall–Kier alpha value is -1.85. The Labute approximate surface area is 131 Å². The minimum Gasteiger partial charge on any atom is -0.301 e. The first-order valence-electron chi connectivity index (χ1n) is 6.55. The molecule has 0 atom stereocenters. The van der Waals surface area contributed by atoms with Gasteiger partial charge in [0.2, 0.25) is 5.91 Å². The molecule has 0 spiro atoms. The van der Waals surface area contributed by atoms with Crippen molar-refractivity contribution in [3.05, 3.63) is 53.5 Å². The fraction of sp³-hybridized carbons (Fsp3) is 0.125. The van der Waals surface area contributed by atoms with Crippen molar-refractivity contribution in [2.75, 3.05) is 11.1 Å². The van der Waals surface area contributed by atoms with Crippen LogP contribution in [0.3, 0.4) is 0 Å². The number of rotatable bonds is 4. The summed E-state index contributed by atoms with van der Waals surface area (Å²) in [6, 6.07) is 14.4. The Morgan fingerprint density at radius 2 is 2.05 bits per heavy atom. The van der Waals surface area contributed by atoms with Crippen LogP contribution in [0.2, 0.25) is 0 Å². The molecule has 1 aromatic heterocycles. The van der Waals surface area contributed by atoms with Gasteiger partial charge in [0, 0.05) is 16.0 Å². The number of thioether (sulfide) groups is 1. The average molecular weight is 314 g/mol. The maximum atomic E-state index is 12.0. The molecule has 0 unspecified atom stereocenters. The van der Waals surface area contributed by atoms with E-state index in [1.54, 1.807) is 18.0 Å². The average Bonchev–Trinajstić information content (AvgIpc) is 2.90. The van der Waals surface area contributed by atoms with E-state index in [2.05, 4.69) is 28.5 Å².